The lowest BCUT2D eigenvalue weighted by atomic mass is 10.1. The first kappa shape index (κ1) is 22.4. The molecule has 170 valence electrons. The van der Waals surface area contributed by atoms with Gasteiger partial charge in [0.15, 0.2) is 0 Å². The summed E-state index contributed by atoms with van der Waals surface area (Å²) < 4.78 is 18.4. The maximum Gasteiger partial charge on any atom is 0.241 e. The van der Waals surface area contributed by atoms with E-state index in [9.17, 15) is 14.0 Å². The first-order valence-corrected chi connectivity index (χ1v) is 11.1. The van der Waals surface area contributed by atoms with Crippen molar-refractivity contribution in [2.75, 3.05) is 50.0 Å². The van der Waals surface area contributed by atoms with Crippen LogP contribution in [0.2, 0.25) is 0 Å². The van der Waals surface area contributed by atoms with Crippen molar-refractivity contribution >= 4 is 23.2 Å². The number of ether oxygens (including phenoxy) is 1. The minimum atomic E-state index is -0.259. The fraction of sp³-hybridized carbons (Fsp3) is 0.417. The number of anilines is 2. The molecule has 2 heterocycles. The third-order valence-corrected chi connectivity index (χ3v) is 5.87. The lowest BCUT2D eigenvalue weighted by molar-refractivity contribution is -0.120. The van der Waals surface area contributed by atoms with Crippen molar-refractivity contribution in [3.05, 3.63) is 59.9 Å². The smallest absolute Gasteiger partial charge is 0.241 e. The number of nitrogens with zero attached hydrogens (tertiary/aromatic N) is 2. The zero-order valence-electron chi connectivity index (χ0n) is 18.1. The van der Waals surface area contributed by atoms with Gasteiger partial charge in [0.2, 0.25) is 11.8 Å². The molecule has 0 unspecified atom stereocenters. The molecule has 0 aliphatic carbocycles. The highest BCUT2D eigenvalue weighted by Crippen LogP contribution is 2.22. The summed E-state index contributed by atoms with van der Waals surface area (Å²) in [6.07, 6.45) is 1.75. The summed E-state index contributed by atoms with van der Waals surface area (Å²) in [5.41, 5.74) is 2.37. The summed E-state index contributed by atoms with van der Waals surface area (Å²) in [6, 6.07) is 13.4. The molecule has 2 aliphatic rings. The van der Waals surface area contributed by atoms with Crippen molar-refractivity contribution in [3.8, 4) is 0 Å². The van der Waals surface area contributed by atoms with Crippen LogP contribution in [0.4, 0.5) is 15.8 Å². The number of halogens is 1. The van der Waals surface area contributed by atoms with Gasteiger partial charge in [0.05, 0.1) is 25.8 Å². The fourth-order valence-corrected chi connectivity index (χ4v) is 4.16. The maximum absolute atomic E-state index is 13.1. The van der Waals surface area contributed by atoms with Crippen molar-refractivity contribution in [1.29, 1.82) is 0 Å². The zero-order valence-corrected chi connectivity index (χ0v) is 18.1. The molecule has 2 amide bonds. The Morgan fingerprint density at radius 2 is 1.59 bits per heavy atom. The Bertz CT molecular complexity index is 914. The summed E-state index contributed by atoms with van der Waals surface area (Å²) in [5.74, 6) is -0.370. The molecule has 4 rings (SSSR count). The molecule has 2 N–H and O–H groups in total. The molecular weight excluding hydrogens is 411 g/mol. The van der Waals surface area contributed by atoms with Crippen molar-refractivity contribution in [1.82, 2.24) is 9.80 Å². The molecule has 0 aromatic heterocycles. The minimum Gasteiger partial charge on any atom is -0.379 e. The van der Waals surface area contributed by atoms with Gasteiger partial charge in [0.1, 0.15) is 5.82 Å². The molecule has 1 atom stereocenters. The highest BCUT2D eigenvalue weighted by molar-refractivity contribution is 5.96. The van der Waals surface area contributed by atoms with Gasteiger partial charge >= 0.3 is 0 Å². The third kappa shape index (κ3) is 6.12. The Morgan fingerprint density at radius 3 is 2.28 bits per heavy atom. The average molecular weight is 441 g/mol. The molecule has 0 saturated carbocycles. The highest BCUT2D eigenvalue weighted by atomic mass is 19.1. The maximum atomic E-state index is 13.1. The SMILES string of the molecule is O=C(CN1CCOCC1)Nc1ccc(NC(=O)[C@@H]2CCCN2Cc2ccc(F)cc2)cc1. The van der Waals surface area contributed by atoms with E-state index in [0.29, 0.717) is 37.7 Å². The van der Waals surface area contributed by atoms with Crippen LogP contribution in [0.1, 0.15) is 18.4 Å². The van der Waals surface area contributed by atoms with E-state index in [2.05, 4.69) is 20.4 Å². The highest BCUT2D eigenvalue weighted by Gasteiger charge is 2.30. The van der Waals surface area contributed by atoms with Gasteiger partial charge in [-0.15, -0.1) is 0 Å². The molecule has 2 aromatic carbocycles. The predicted molar refractivity (Wildman–Crippen MR) is 121 cm³/mol. The van der Waals surface area contributed by atoms with Gasteiger partial charge in [0, 0.05) is 31.0 Å². The number of rotatable bonds is 7. The largest absolute Gasteiger partial charge is 0.379 e. The number of carbonyl (C=O) groups is 2. The molecule has 7 nitrogen and oxygen atoms in total. The van der Waals surface area contributed by atoms with Crippen LogP contribution in [-0.4, -0.2) is 67.0 Å². The van der Waals surface area contributed by atoms with Gasteiger partial charge < -0.3 is 15.4 Å². The third-order valence-electron chi connectivity index (χ3n) is 5.87. The number of likely N-dealkylation sites (tertiary alicyclic amines) is 1. The average Bonchev–Trinajstić information content (AvgIpc) is 3.26. The normalized spacial score (nSPS) is 19.6. The van der Waals surface area contributed by atoms with E-state index in [4.69, 9.17) is 4.74 Å². The number of amides is 2. The second kappa shape index (κ2) is 10.7. The van der Waals surface area contributed by atoms with Crippen LogP contribution >= 0.6 is 0 Å². The Labute approximate surface area is 187 Å². The number of morpholine rings is 1. The van der Waals surface area contributed by atoms with Crippen LogP contribution in [0, 0.1) is 5.82 Å². The summed E-state index contributed by atoms with van der Waals surface area (Å²) >= 11 is 0. The lowest BCUT2D eigenvalue weighted by Crippen LogP contribution is -2.41. The van der Waals surface area contributed by atoms with Crippen LogP contribution in [0.25, 0.3) is 0 Å². The quantitative estimate of drug-likeness (QED) is 0.693. The second-order valence-electron chi connectivity index (χ2n) is 8.26. The van der Waals surface area contributed by atoms with Crippen LogP contribution in [0.15, 0.2) is 48.5 Å². The first-order chi connectivity index (χ1) is 15.6. The molecular formula is C24H29FN4O3. The topological polar surface area (TPSA) is 73.9 Å². The second-order valence-corrected chi connectivity index (χ2v) is 8.26. The van der Waals surface area contributed by atoms with Gasteiger partial charge in [-0.25, -0.2) is 4.39 Å². The van der Waals surface area contributed by atoms with Crippen LogP contribution < -0.4 is 10.6 Å². The molecule has 2 fully saturated rings. The van der Waals surface area contributed by atoms with Gasteiger partial charge in [-0.05, 0) is 61.3 Å². The molecule has 2 aromatic rings. The summed E-state index contributed by atoms with van der Waals surface area (Å²) in [7, 11) is 0. The van der Waals surface area contributed by atoms with E-state index < -0.39 is 0 Å². The number of hydrogen-bond acceptors (Lipinski definition) is 5. The predicted octanol–water partition coefficient (Wildman–Crippen LogP) is 2.70. The molecule has 0 bridgehead atoms. The van der Waals surface area contributed by atoms with Crippen LogP contribution in [-0.2, 0) is 20.9 Å². The fourth-order valence-electron chi connectivity index (χ4n) is 4.16. The van der Waals surface area contributed by atoms with E-state index in [1.54, 1.807) is 36.4 Å². The van der Waals surface area contributed by atoms with Crippen LogP contribution in [0.3, 0.4) is 0 Å². The van der Waals surface area contributed by atoms with Gasteiger partial charge in [-0.1, -0.05) is 12.1 Å². The Kier molecular flexibility index (Phi) is 7.47. The van der Waals surface area contributed by atoms with E-state index in [1.165, 1.54) is 12.1 Å². The van der Waals surface area contributed by atoms with Gasteiger partial charge in [-0.2, -0.15) is 0 Å². The van der Waals surface area contributed by atoms with Gasteiger partial charge in [-0.3, -0.25) is 19.4 Å². The van der Waals surface area contributed by atoms with E-state index in [0.717, 1.165) is 38.0 Å². The summed E-state index contributed by atoms with van der Waals surface area (Å²) in [4.78, 5) is 29.3. The zero-order chi connectivity index (χ0) is 22.3. The van der Waals surface area contributed by atoms with E-state index in [-0.39, 0.29) is 23.7 Å². The van der Waals surface area contributed by atoms with Crippen molar-refractivity contribution in [2.24, 2.45) is 0 Å². The minimum absolute atomic E-state index is 0.0475. The molecule has 8 heteroatoms. The number of nitrogens with one attached hydrogen (secondary N) is 2. The monoisotopic (exact) mass is 440 g/mol. The molecule has 32 heavy (non-hydrogen) atoms. The Hall–Kier alpha value is -2.81. The lowest BCUT2D eigenvalue weighted by Gasteiger charge is -2.25. The summed E-state index contributed by atoms with van der Waals surface area (Å²) in [5, 5.41) is 5.87. The summed E-state index contributed by atoms with van der Waals surface area (Å²) in [6.45, 7) is 4.63. The van der Waals surface area contributed by atoms with Gasteiger partial charge in [0.25, 0.3) is 0 Å². The van der Waals surface area contributed by atoms with Crippen LogP contribution in [0.5, 0.6) is 0 Å². The van der Waals surface area contributed by atoms with Crippen molar-refractivity contribution < 1.29 is 18.7 Å². The molecule has 0 spiro atoms. The molecule has 0 radical (unpaired) electrons. The van der Waals surface area contributed by atoms with Crippen molar-refractivity contribution in [3.63, 3.8) is 0 Å². The van der Waals surface area contributed by atoms with Crippen molar-refractivity contribution in [2.45, 2.75) is 25.4 Å². The van der Waals surface area contributed by atoms with E-state index in [1.807, 2.05) is 0 Å². The Morgan fingerprint density at radius 1 is 0.938 bits per heavy atom. The standard InChI is InChI=1S/C24H29FN4O3/c25-19-5-3-18(4-6-19)16-29-11-1-2-22(29)24(31)27-21-9-7-20(8-10-21)26-23(30)17-28-12-14-32-15-13-28/h3-10,22H,1-2,11-17H2,(H,26,30)(H,27,31)/t22-/m0/s1. The number of benzene rings is 2. The molecule has 2 aliphatic heterocycles. The molecule has 2 saturated heterocycles. The number of carbonyl (C=O) groups excluding carboxylic acids is 2. The number of hydrogen-bond donors (Lipinski definition) is 2. The Balaban J connectivity index is 1.28. The van der Waals surface area contributed by atoms with E-state index >= 15 is 0 Å². The first-order valence-electron chi connectivity index (χ1n) is 11.1.